The van der Waals surface area contributed by atoms with Crippen molar-refractivity contribution in [2.45, 2.75) is 13.8 Å². The van der Waals surface area contributed by atoms with E-state index in [1.54, 1.807) is 25.0 Å². The van der Waals surface area contributed by atoms with Gasteiger partial charge in [0.2, 0.25) is 0 Å². The molecule has 0 bridgehead atoms. The number of para-hydroxylation sites is 2. The Hall–Kier alpha value is -4.07. The number of imidazole rings is 1. The van der Waals surface area contributed by atoms with Gasteiger partial charge in [-0.3, -0.25) is 9.55 Å². The fraction of sp³-hybridized carbons (Fsp3) is 0.174. The number of nitrogens with one attached hydrogen (secondary N) is 1. The number of hydrogen-bond acceptors (Lipinski definition) is 6. The van der Waals surface area contributed by atoms with E-state index in [9.17, 15) is 4.79 Å². The van der Waals surface area contributed by atoms with Crippen molar-refractivity contribution in [3.05, 3.63) is 64.5 Å². The lowest BCUT2D eigenvalue weighted by atomic mass is 10.0. The van der Waals surface area contributed by atoms with Crippen LogP contribution in [0.15, 0.2) is 51.9 Å². The summed E-state index contributed by atoms with van der Waals surface area (Å²) in [5.41, 5.74) is 4.87. The second kappa shape index (κ2) is 7.02. The van der Waals surface area contributed by atoms with Crippen LogP contribution in [0.5, 0.6) is 11.5 Å². The molecule has 0 atom stereocenters. The van der Waals surface area contributed by atoms with Gasteiger partial charge < -0.3 is 19.0 Å². The van der Waals surface area contributed by atoms with Crippen molar-refractivity contribution in [3.63, 3.8) is 0 Å². The zero-order valence-electron chi connectivity index (χ0n) is 17.5. The quantitative estimate of drug-likeness (QED) is 0.473. The molecule has 0 aliphatic carbocycles. The molecule has 0 unspecified atom stereocenters. The van der Waals surface area contributed by atoms with Gasteiger partial charge in [-0.25, -0.2) is 4.79 Å². The van der Waals surface area contributed by atoms with E-state index in [-0.39, 0.29) is 5.69 Å². The molecule has 2 aromatic carbocycles. The van der Waals surface area contributed by atoms with Crippen LogP contribution >= 0.6 is 0 Å². The number of aromatic nitrogens is 4. The Morgan fingerprint density at radius 2 is 1.84 bits per heavy atom. The molecule has 0 spiro atoms. The molecule has 5 rings (SSSR count). The third kappa shape index (κ3) is 2.79. The fourth-order valence-corrected chi connectivity index (χ4v) is 4.09. The van der Waals surface area contributed by atoms with Crippen LogP contribution in [0.25, 0.3) is 38.8 Å². The van der Waals surface area contributed by atoms with Crippen LogP contribution in [0.1, 0.15) is 11.5 Å². The van der Waals surface area contributed by atoms with Crippen molar-refractivity contribution >= 4 is 21.9 Å². The van der Waals surface area contributed by atoms with Crippen LogP contribution in [0.4, 0.5) is 0 Å². The summed E-state index contributed by atoms with van der Waals surface area (Å²) in [5, 5.41) is 4.83. The maximum atomic E-state index is 12.9. The van der Waals surface area contributed by atoms with Gasteiger partial charge in [-0.05, 0) is 38.1 Å². The predicted octanol–water partition coefficient (Wildman–Crippen LogP) is 4.16. The van der Waals surface area contributed by atoms with Gasteiger partial charge in [0.15, 0.2) is 0 Å². The highest BCUT2D eigenvalue weighted by Crippen LogP contribution is 2.39. The Morgan fingerprint density at radius 1 is 1.06 bits per heavy atom. The van der Waals surface area contributed by atoms with Crippen molar-refractivity contribution in [1.82, 2.24) is 19.7 Å². The number of aromatic amines is 1. The molecule has 0 aliphatic rings. The van der Waals surface area contributed by atoms with Crippen molar-refractivity contribution < 1.29 is 14.0 Å². The highest BCUT2D eigenvalue weighted by atomic mass is 16.5. The molecule has 1 N–H and O–H groups in total. The molecule has 3 heterocycles. The molecule has 31 heavy (non-hydrogen) atoms. The van der Waals surface area contributed by atoms with E-state index < -0.39 is 0 Å². The molecular formula is C23H20N4O4. The van der Waals surface area contributed by atoms with Gasteiger partial charge in [0.05, 0.1) is 53.9 Å². The molecule has 0 saturated carbocycles. The number of H-pyrrole nitrogens is 1. The van der Waals surface area contributed by atoms with Crippen LogP contribution in [0.2, 0.25) is 0 Å². The molecule has 5 aromatic rings. The summed E-state index contributed by atoms with van der Waals surface area (Å²) < 4.78 is 18.2. The van der Waals surface area contributed by atoms with E-state index in [4.69, 9.17) is 14.0 Å². The van der Waals surface area contributed by atoms with Gasteiger partial charge >= 0.3 is 5.69 Å². The highest BCUT2D eigenvalue weighted by molar-refractivity contribution is 6.05. The molecule has 0 saturated heterocycles. The summed E-state index contributed by atoms with van der Waals surface area (Å²) in [5.74, 6) is 1.93. The number of ether oxygens (including phenoxy) is 2. The first-order valence-electron chi connectivity index (χ1n) is 9.71. The molecule has 0 aliphatic heterocycles. The number of benzene rings is 2. The van der Waals surface area contributed by atoms with E-state index >= 15 is 0 Å². The SMILES string of the molecule is COc1cc2c(cc1-c1c(C)noc1C)ncc1[nH]c(=O)n(-c3ccccc3OC)c12. The molecule has 0 fully saturated rings. The van der Waals surface area contributed by atoms with E-state index in [2.05, 4.69) is 15.1 Å². The standard InChI is InChI=1S/C23H20N4O4/c1-12-21(13(2)31-26-12)15-9-16-14(10-20(15)30-4)22-17(11-24-16)25-23(28)27(22)18-7-5-6-8-19(18)29-3/h5-11H,1-4H3,(H,25,28). The van der Waals surface area contributed by atoms with E-state index in [1.807, 2.05) is 50.2 Å². The topological polar surface area (TPSA) is 95.2 Å². The van der Waals surface area contributed by atoms with Crippen LogP contribution in [-0.4, -0.2) is 33.9 Å². The van der Waals surface area contributed by atoms with Gasteiger partial charge in [-0.15, -0.1) is 0 Å². The minimum Gasteiger partial charge on any atom is -0.496 e. The van der Waals surface area contributed by atoms with Crippen LogP contribution in [-0.2, 0) is 0 Å². The number of methoxy groups -OCH3 is 2. The normalized spacial score (nSPS) is 11.4. The number of aryl methyl sites for hydroxylation is 2. The van der Waals surface area contributed by atoms with Gasteiger partial charge in [-0.2, -0.15) is 0 Å². The van der Waals surface area contributed by atoms with Gasteiger partial charge in [-0.1, -0.05) is 17.3 Å². The summed E-state index contributed by atoms with van der Waals surface area (Å²) in [6.45, 7) is 3.75. The second-order valence-electron chi connectivity index (χ2n) is 7.23. The molecule has 8 heteroatoms. The monoisotopic (exact) mass is 416 g/mol. The fourth-order valence-electron chi connectivity index (χ4n) is 4.09. The van der Waals surface area contributed by atoms with Crippen LogP contribution in [0.3, 0.4) is 0 Å². The zero-order valence-corrected chi connectivity index (χ0v) is 17.5. The average molecular weight is 416 g/mol. The molecule has 0 radical (unpaired) electrons. The smallest absolute Gasteiger partial charge is 0.331 e. The van der Waals surface area contributed by atoms with Gasteiger partial charge in [0, 0.05) is 10.9 Å². The lowest BCUT2D eigenvalue weighted by Gasteiger charge is -2.13. The molecular weight excluding hydrogens is 396 g/mol. The number of nitrogens with zero attached hydrogens (tertiary/aromatic N) is 3. The summed E-state index contributed by atoms with van der Waals surface area (Å²) in [7, 11) is 3.19. The lowest BCUT2D eigenvalue weighted by molar-refractivity contribution is 0.393. The van der Waals surface area contributed by atoms with Crippen LogP contribution < -0.4 is 15.2 Å². The number of rotatable bonds is 4. The van der Waals surface area contributed by atoms with E-state index in [1.165, 1.54) is 0 Å². The highest BCUT2D eigenvalue weighted by Gasteiger charge is 2.21. The lowest BCUT2D eigenvalue weighted by Crippen LogP contribution is -2.15. The Kier molecular flexibility index (Phi) is 4.28. The van der Waals surface area contributed by atoms with Crippen molar-refractivity contribution in [3.8, 4) is 28.3 Å². The average Bonchev–Trinajstić information content (AvgIpc) is 3.30. The maximum absolute atomic E-state index is 12.9. The van der Waals surface area contributed by atoms with Gasteiger partial charge in [0.1, 0.15) is 17.3 Å². The summed E-state index contributed by atoms with van der Waals surface area (Å²) in [6, 6.07) is 11.2. The molecule has 156 valence electrons. The van der Waals surface area contributed by atoms with Crippen molar-refractivity contribution in [2.75, 3.05) is 14.2 Å². The maximum Gasteiger partial charge on any atom is 0.331 e. The van der Waals surface area contributed by atoms with Crippen LogP contribution in [0, 0.1) is 13.8 Å². The summed E-state index contributed by atoms with van der Waals surface area (Å²) in [4.78, 5) is 20.4. The summed E-state index contributed by atoms with van der Waals surface area (Å²) >= 11 is 0. The first-order chi connectivity index (χ1) is 15.0. The number of pyridine rings is 1. The minimum atomic E-state index is -0.275. The Morgan fingerprint density at radius 3 is 2.55 bits per heavy atom. The Bertz CT molecular complexity index is 1490. The first kappa shape index (κ1) is 18.9. The Labute approximate surface area is 177 Å². The number of hydrogen-bond donors (Lipinski definition) is 1. The minimum absolute atomic E-state index is 0.275. The van der Waals surface area contributed by atoms with E-state index in [0.29, 0.717) is 39.5 Å². The number of fused-ring (bicyclic) bond motifs is 3. The van der Waals surface area contributed by atoms with Crippen molar-refractivity contribution in [2.24, 2.45) is 0 Å². The Balaban J connectivity index is 1.89. The third-order valence-electron chi connectivity index (χ3n) is 5.46. The van der Waals surface area contributed by atoms with E-state index in [0.717, 1.165) is 22.2 Å². The molecule has 0 amide bonds. The predicted molar refractivity (Wildman–Crippen MR) is 117 cm³/mol. The first-order valence-corrected chi connectivity index (χ1v) is 9.71. The molecule has 8 nitrogen and oxygen atoms in total. The third-order valence-corrected chi connectivity index (χ3v) is 5.46. The largest absolute Gasteiger partial charge is 0.496 e. The van der Waals surface area contributed by atoms with Crippen molar-refractivity contribution in [1.29, 1.82) is 0 Å². The second-order valence-corrected chi connectivity index (χ2v) is 7.23. The zero-order chi connectivity index (χ0) is 21.7. The van der Waals surface area contributed by atoms with Gasteiger partial charge in [0.25, 0.3) is 0 Å². The molecule has 3 aromatic heterocycles. The summed E-state index contributed by atoms with van der Waals surface area (Å²) in [6.07, 6.45) is 1.66.